The lowest BCUT2D eigenvalue weighted by Crippen LogP contribution is -2.32. The van der Waals surface area contributed by atoms with Crippen LogP contribution in [0.1, 0.15) is 12.0 Å². The first-order valence-corrected chi connectivity index (χ1v) is 9.19. The fraction of sp³-hybridized carbons (Fsp3) is 0.294. The highest BCUT2D eigenvalue weighted by molar-refractivity contribution is 7.89. The Labute approximate surface area is 154 Å². The second-order valence-electron chi connectivity index (χ2n) is 5.48. The molecule has 0 unspecified atom stereocenters. The van der Waals surface area contributed by atoms with Gasteiger partial charge in [0.1, 0.15) is 0 Å². The Morgan fingerprint density at radius 2 is 1.76 bits per heavy atom. The average molecular weight is 385 g/mol. The van der Waals surface area contributed by atoms with Gasteiger partial charge in [0.05, 0.1) is 4.90 Å². The molecule has 0 aliphatic carbocycles. The van der Waals surface area contributed by atoms with Gasteiger partial charge in [0, 0.05) is 19.2 Å². The van der Waals surface area contributed by atoms with E-state index in [2.05, 4.69) is 0 Å². The van der Waals surface area contributed by atoms with Gasteiger partial charge < -0.3 is 15.2 Å². The SMILES string of the molecule is Cl.NCCCN(Cc1ccccc1)S(=O)(=O)c1ccc2c(c1)OCO2. The normalized spacial score (nSPS) is 12.9. The van der Waals surface area contributed by atoms with E-state index in [0.717, 1.165) is 5.56 Å². The highest BCUT2D eigenvalue weighted by Gasteiger charge is 2.26. The first-order valence-electron chi connectivity index (χ1n) is 7.75. The topological polar surface area (TPSA) is 81.9 Å². The Kier molecular flexibility index (Phi) is 6.66. The van der Waals surface area contributed by atoms with E-state index in [4.69, 9.17) is 15.2 Å². The first-order chi connectivity index (χ1) is 11.6. The summed E-state index contributed by atoms with van der Waals surface area (Å²) in [6.07, 6.45) is 0.594. The zero-order chi connectivity index (χ0) is 17.0. The number of ether oxygens (including phenoxy) is 2. The molecule has 2 aromatic rings. The molecule has 3 rings (SSSR count). The molecule has 0 spiro atoms. The van der Waals surface area contributed by atoms with E-state index in [1.807, 2.05) is 30.3 Å². The molecule has 0 saturated carbocycles. The third-order valence-electron chi connectivity index (χ3n) is 3.80. The van der Waals surface area contributed by atoms with Gasteiger partial charge in [-0.2, -0.15) is 4.31 Å². The van der Waals surface area contributed by atoms with Crippen LogP contribution in [-0.2, 0) is 16.6 Å². The van der Waals surface area contributed by atoms with E-state index in [0.29, 0.717) is 37.6 Å². The molecule has 1 aliphatic rings. The van der Waals surface area contributed by atoms with E-state index in [1.165, 1.54) is 10.4 Å². The Hall–Kier alpha value is -1.80. The van der Waals surface area contributed by atoms with Crippen LogP contribution in [0.4, 0.5) is 0 Å². The number of nitrogens with zero attached hydrogens (tertiary/aromatic N) is 1. The number of nitrogens with two attached hydrogens (primary N) is 1. The molecule has 1 aliphatic heterocycles. The Balaban J connectivity index is 0.00000225. The highest BCUT2D eigenvalue weighted by atomic mass is 35.5. The second kappa shape index (κ2) is 8.53. The van der Waals surface area contributed by atoms with Crippen molar-refractivity contribution in [3.05, 3.63) is 54.1 Å². The summed E-state index contributed by atoms with van der Waals surface area (Å²) in [6, 6.07) is 14.2. The number of halogens is 1. The number of hydrogen-bond acceptors (Lipinski definition) is 5. The molecule has 8 heteroatoms. The molecule has 0 atom stereocenters. The van der Waals surface area contributed by atoms with Crippen molar-refractivity contribution in [2.45, 2.75) is 17.9 Å². The summed E-state index contributed by atoms with van der Waals surface area (Å²) in [5.41, 5.74) is 6.50. The highest BCUT2D eigenvalue weighted by Crippen LogP contribution is 2.34. The van der Waals surface area contributed by atoms with Crippen molar-refractivity contribution in [2.24, 2.45) is 5.73 Å². The number of sulfonamides is 1. The Morgan fingerprint density at radius 1 is 1.04 bits per heavy atom. The largest absolute Gasteiger partial charge is 0.454 e. The van der Waals surface area contributed by atoms with Crippen LogP contribution in [0.3, 0.4) is 0 Å². The monoisotopic (exact) mass is 384 g/mol. The zero-order valence-electron chi connectivity index (χ0n) is 13.6. The van der Waals surface area contributed by atoms with Crippen LogP contribution < -0.4 is 15.2 Å². The lowest BCUT2D eigenvalue weighted by Gasteiger charge is -2.22. The molecule has 2 aromatic carbocycles. The van der Waals surface area contributed by atoms with Crippen LogP contribution in [0.2, 0.25) is 0 Å². The number of benzene rings is 2. The van der Waals surface area contributed by atoms with Crippen LogP contribution in [0, 0.1) is 0 Å². The van der Waals surface area contributed by atoms with Gasteiger partial charge in [-0.15, -0.1) is 12.4 Å². The van der Waals surface area contributed by atoms with Crippen molar-refractivity contribution in [1.82, 2.24) is 4.31 Å². The quantitative estimate of drug-likeness (QED) is 0.792. The minimum Gasteiger partial charge on any atom is -0.454 e. The number of hydrogen-bond donors (Lipinski definition) is 1. The zero-order valence-corrected chi connectivity index (χ0v) is 15.3. The molecule has 6 nitrogen and oxygen atoms in total. The van der Waals surface area contributed by atoms with Gasteiger partial charge in [-0.05, 0) is 30.7 Å². The molecule has 2 N–H and O–H groups in total. The van der Waals surface area contributed by atoms with E-state index < -0.39 is 10.0 Å². The van der Waals surface area contributed by atoms with Crippen molar-refractivity contribution < 1.29 is 17.9 Å². The molecule has 25 heavy (non-hydrogen) atoms. The van der Waals surface area contributed by atoms with Crippen molar-refractivity contribution in [1.29, 1.82) is 0 Å². The smallest absolute Gasteiger partial charge is 0.243 e. The average Bonchev–Trinajstić information content (AvgIpc) is 3.07. The van der Waals surface area contributed by atoms with E-state index in [1.54, 1.807) is 12.1 Å². The maximum atomic E-state index is 13.0. The van der Waals surface area contributed by atoms with Gasteiger partial charge in [0.25, 0.3) is 0 Å². The molecule has 1 heterocycles. The second-order valence-corrected chi connectivity index (χ2v) is 7.42. The van der Waals surface area contributed by atoms with Crippen LogP contribution in [0.15, 0.2) is 53.4 Å². The van der Waals surface area contributed by atoms with Crippen LogP contribution in [0.5, 0.6) is 11.5 Å². The predicted molar refractivity (Wildman–Crippen MR) is 97.5 cm³/mol. The van der Waals surface area contributed by atoms with Crippen molar-refractivity contribution in [2.75, 3.05) is 19.9 Å². The number of rotatable bonds is 7. The molecule has 0 bridgehead atoms. The fourth-order valence-corrected chi connectivity index (χ4v) is 4.01. The summed E-state index contributed by atoms with van der Waals surface area (Å²) in [4.78, 5) is 0.194. The predicted octanol–water partition coefficient (Wildman–Crippen LogP) is 2.38. The summed E-state index contributed by atoms with van der Waals surface area (Å²) >= 11 is 0. The molecular weight excluding hydrogens is 364 g/mol. The Morgan fingerprint density at radius 3 is 2.48 bits per heavy atom. The van der Waals surface area contributed by atoms with Gasteiger partial charge in [-0.25, -0.2) is 8.42 Å². The summed E-state index contributed by atoms with van der Waals surface area (Å²) < 4.78 is 38.0. The first kappa shape index (κ1) is 19.5. The van der Waals surface area contributed by atoms with Gasteiger partial charge >= 0.3 is 0 Å². The Bertz CT molecular complexity index is 800. The van der Waals surface area contributed by atoms with Crippen molar-refractivity contribution in [3.63, 3.8) is 0 Å². The van der Waals surface area contributed by atoms with Crippen LogP contribution in [-0.4, -0.2) is 32.6 Å². The summed E-state index contributed by atoms with van der Waals surface area (Å²) in [5, 5.41) is 0. The lowest BCUT2D eigenvalue weighted by molar-refractivity contribution is 0.174. The third-order valence-corrected chi connectivity index (χ3v) is 5.64. The molecule has 0 aromatic heterocycles. The molecular formula is C17H21ClN2O4S. The van der Waals surface area contributed by atoms with Gasteiger partial charge in [0.2, 0.25) is 16.8 Å². The maximum absolute atomic E-state index is 13.0. The molecule has 0 saturated heterocycles. The van der Waals surface area contributed by atoms with Crippen molar-refractivity contribution in [3.8, 4) is 11.5 Å². The fourth-order valence-electron chi connectivity index (χ4n) is 2.53. The minimum absolute atomic E-state index is 0. The molecule has 0 radical (unpaired) electrons. The van der Waals surface area contributed by atoms with Crippen LogP contribution in [0.25, 0.3) is 0 Å². The molecule has 136 valence electrons. The minimum atomic E-state index is -3.65. The number of fused-ring (bicyclic) bond motifs is 1. The molecule has 0 fully saturated rings. The van der Waals surface area contributed by atoms with Crippen molar-refractivity contribution >= 4 is 22.4 Å². The van der Waals surface area contributed by atoms with E-state index >= 15 is 0 Å². The van der Waals surface area contributed by atoms with E-state index in [-0.39, 0.29) is 24.1 Å². The summed E-state index contributed by atoms with van der Waals surface area (Å²) in [6.45, 7) is 1.21. The van der Waals surface area contributed by atoms with E-state index in [9.17, 15) is 8.42 Å². The van der Waals surface area contributed by atoms with Gasteiger partial charge in [-0.1, -0.05) is 30.3 Å². The molecule has 0 amide bonds. The summed E-state index contributed by atoms with van der Waals surface area (Å²) in [7, 11) is -3.65. The maximum Gasteiger partial charge on any atom is 0.243 e. The third kappa shape index (κ3) is 4.43. The summed E-state index contributed by atoms with van der Waals surface area (Å²) in [5.74, 6) is 1.01. The lowest BCUT2D eigenvalue weighted by atomic mass is 10.2. The van der Waals surface area contributed by atoms with Crippen LogP contribution >= 0.6 is 12.4 Å². The van der Waals surface area contributed by atoms with Gasteiger partial charge in [0.15, 0.2) is 11.5 Å². The standard InChI is InChI=1S/C17H20N2O4S.ClH/c18-9-4-10-19(12-14-5-2-1-3-6-14)24(20,21)15-7-8-16-17(11-15)23-13-22-16;/h1-3,5-8,11H,4,9-10,12-13,18H2;1H. The van der Waals surface area contributed by atoms with Gasteiger partial charge in [-0.3, -0.25) is 0 Å².